The zero-order chi connectivity index (χ0) is 23.2. The van der Waals surface area contributed by atoms with Crippen LogP contribution in [-0.2, 0) is 9.59 Å². The highest BCUT2D eigenvalue weighted by atomic mass is 35.5. The van der Waals surface area contributed by atoms with Crippen molar-refractivity contribution >= 4 is 34.8 Å². The van der Waals surface area contributed by atoms with Gasteiger partial charge in [0, 0.05) is 29.7 Å². The highest BCUT2D eigenvalue weighted by Crippen LogP contribution is 2.46. The summed E-state index contributed by atoms with van der Waals surface area (Å²) in [5.41, 5.74) is 3.92. The van der Waals surface area contributed by atoms with Crippen LogP contribution >= 0.6 is 11.6 Å². The fraction of sp³-hybridized carbons (Fsp3) is 0.200. The van der Waals surface area contributed by atoms with Gasteiger partial charge in [-0.1, -0.05) is 35.9 Å². The number of halogens is 3. The molecular formula is C25H21ClF2N2O2. The van der Waals surface area contributed by atoms with Crippen LogP contribution in [-0.4, -0.2) is 18.9 Å². The van der Waals surface area contributed by atoms with Crippen molar-refractivity contribution in [1.82, 2.24) is 0 Å². The maximum absolute atomic E-state index is 14.2. The van der Waals surface area contributed by atoms with Crippen molar-refractivity contribution in [3.63, 3.8) is 0 Å². The highest BCUT2D eigenvalue weighted by Gasteiger charge is 2.45. The third-order valence-electron chi connectivity index (χ3n) is 5.98. The summed E-state index contributed by atoms with van der Waals surface area (Å²) in [6, 6.07) is 13.8. The van der Waals surface area contributed by atoms with E-state index in [0.29, 0.717) is 22.3 Å². The molecule has 4 nitrogen and oxygen atoms in total. The summed E-state index contributed by atoms with van der Waals surface area (Å²) in [4.78, 5) is 28.2. The smallest absolute Gasteiger partial charge is 0.240 e. The molecule has 32 heavy (non-hydrogen) atoms. The molecule has 0 fully saturated rings. The summed E-state index contributed by atoms with van der Waals surface area (Å²) in [6.45, 7) is 3.91. The maximum atomic E-state index is 14.2. The van der Waals surface area contributed by atoms with E-state index in [0.717, 1.165) is 28.8 Å². The summed E-state index contributed by atoms with van der Waals surface area (Å²) in [5, 5.41) is 2.88. The predicted octanol–water partition coefficient (Wildman–Crippen LogP) is 5.60. The first-order chi connectivity index (χ1) is 15.2. The minimum atomic E-state index is -1.20. The Labute approximate surface area is 189 Å². The van der Waals surface area contributed by atoms with E-state index in [1.54, 1.807) is 31.3 Å². The van der Waals surface area contributed by atoms with Crippen LogP contribution in [0.2, 0.25) is 5.02 Å². The summed E-state index contributed by atoms with van der Waals surface area (Å²) >= 11 is 6.49. The number of rotatable bonds is 3. The third kappa shape index (κ3) is 3.75. The molecule has 1 aliphatic rings. The number of hydrogen-bond acceptors (Lipinski definition) is 2. The molecule has 1 N–H and O–H groups in total. The number of amides is 2. The Morgan fingerprint density at radius 1 is 1.00 bits per heavy atom. The van der Waals surface area contributed by atoms with Gasteiger partial charge in [-0.15, -0.1) is 0 Å². The van der Waals surface area contributed by atoms with E-state index in [4.69, 9.17) is 11.6 Å². The molecule has 0 saturated heterocycles. The van der Waals surface area contributed by atoms with Crippen molar-refractivity contribution in [2.24, 2.45) is 5.92 Å². The van der Waals surface area contributed by atoms with Crippen LogP contribution < -0.4 is 10.2 Å². The SMILES string of the molecule is Cc1cc2c(cc1C)N(C)C(=O)C(C(=O)Nc1ccc(F)cc1F)C2c1ccccc1Cl. The molecule has 0 saturated carbocycles. The molecule has 2 atom stereocenters. The molecular weight excluding hydrogens is 434 g/mol. The Kier molecular flexibility index (Phi) is 5.73. The molecule has 3 aromatic carbocycles. The fourth-order valence-electron chi connectivity index (χ4n) is 4.15. The average molecular weight is 455 g/mol. The summed E-state index contributed by atoms with van der Waals surface area (Å²) < 4.78 is 27.5. The molecule has 0 aliphatic carbocycles. The van der Waals surface area contributed by atoms with Gasteiger partial charge in [-0.3, -0.25) is 9.59 Å². The summed E-state index contributed by atoms with van der Waals surface area (Å²) in [7, 11) is 1.61. The number of hydrogen-bond donors (Lipinski definition) is 1. The first-order valence-electron chi connectivity index (χ1n) is 10.1. The van der Waals surface area contributed by atoms with E-state index >= 15 is 0 Å². The lowest BCUT2D eigenvalue weighted by atomic mass is 9.75. The van der Waals surface area contributed by atoms with Crippen molar-refractivity contribution in [2.75, 3.05) is 17.3 Å². The van der Waals surface area contributed by atoms with E-state index in [2.05, 4.69) is 5.32 Å². The lowest BCUT2D eigenvalue weighted by Crippen LogP contribution is -2.47. The zero-order valence-electron chi connectivity index (χ0n) is 17.7. The number of aryl methyl sites for hydroxylation is 2. The van der Waals surface area contributed by atoms with Crippen LogP contribution in [0.1, 0.15) is 28.2 Å². The first kappa shape index (κ1) is 22.0. The average Bonchev–Trinajstić information content (AvgIpc) is 2.74. The molecule has 2 unspecified atom stereocenters. The minimum absolute atomic E-state index is 0.198. The normalized spacial score (nSPS) is 17.8. The van der Waals surface area contributed by atoms with Crippen molar-refractivity contribution in [1.29, 1.82) is 0 Å². The molecule has 1 aliphatic heterocycles. The molecule has 7 heteroatoms. The molecule has 0 aromatic heterocycles. The van der Waals surface area contributed by atoms with Crippen LogP contribution in [0.5, 0.6) is 0 Å². The van der Waals surface area contributed by atoms with Gasteiger partial charge < -0.3 is 10.2 Å². The lowest BCUT2D eigenvalue weighted by molar-refractivity contribution is -0.131. The summed E-state index contributed by atoms with van der Waals surface area (Å²) in [6.07, 6.45) is 0. The van der Waals surface area contributed by atoms with Gasteiger partial charge in [-0.05, 0) is 60.4 Å². The number of carbonyl (C=O) groups excluding carboxylic acids is 2. The van der Waals surface area contributed by atoms with Gasteiger partial charge in [0.1, 0.15) is 17.6 Å². The lowest BCUT2D eigenvalue weighted by Gasteiger charge is -2.38. The number of carbonyl (C=O) groups is 2. The monoisotopic (exact) mass is 454 g/mol. The van der Waals surface area contributed by atoms with Gasteiger partial charge in [0.2, 0.25) is 11.8 Å². The van der Waals surface area contributed by atoms with Gasteiger partial charge in [-0.25, -0.2) is 8.78 Å². The molecule has 3 aromatic rings. The Bertz CT molecular complexity index is 1240. The van der Waals surface area contributed by atoms with Gasteiger partial charge in [-0.2, -0.15) is 0 Å². The molecule has 4 rings (SSSR count). The second-order valence-electron chi connectivity index (χ2n) is 7.98. The third-order valence-corrected chi connectivity index (χ3v) is 6.33. The topological polar surface area (TPSA) is 49.4 Å². The van der Waals surface area contributed by atoms with Crippen molar-refractivity contribution < 1.29 is 18.4 Å². The summed E-state index contributed by atoms with van der Waals surface area (Å²) in [5.74, 6) is -4.69. The zero-order valence-corrected chi connectivity index (χ0v) is 18.5. The maximum Gasteiger partial charge on any atom is 0.240 e. The van der Waals surface area contributed by atoms with Crippen LogP contribution in [0, 0.1) is 31.4 Å². The molecule has 164 valence electrons. The molecule has 1 heterocycles. The minimum Gasteiger partial charge on any atom is -0.323 e. The largest absolute Gasteiger partial charge is 0.323 e. The van der Waals surface area contributed by atoms with Crippen LogP contribution in [0.25, 0.3) is 0 Å². The van der Waals surface area contributed by atoms with E-state index in [1.165, 1.54) is 4.90 Å². The van der Waals surface area contributed by atoms with E-state index in [-0.39, 0.29) is 5.69 Å². The Morgan fingerprint density at radius 3 is 2.38 bits per heavy atom. The second kappa shape index (κ2) is 8.36. The van der Waals surface area contributed by atoms with Crippen molar-refractivity contribution in [2.45, 2.75) is 19.8 Å². The first-order valence-corrected chi connectivity index (χ1v) is 10.5. The number of anilines is 2. The van der Waals surface area contributed by atoms with E-state index < -0.39 is 35.3 Å². The van der Waals surface area contributed by atoms with Gasteiger partial charge >= 0.3 is 0 Å². The number of nitrogens with zero attached hydrogens (tertiary/aromatic N) is 1. The highest BCUT2D eigenvalue weighted by molar-refractivity contribution is 6.31. The van der Waals surface area contributed by atoms with E-state index in [1.807, 2.05) is 26.0 Å². The van der Waals surface area contributed by atoms with E-state index in [9.17, 15) is 18.4 Å². The van der Waals surface area contributed by atoms with Gasteiger partial charge in [0.25, 0.3) is 0 Å². The molecule has 0 spiro atoms. The second-order valence-corrected chi connectivity index (χ2v) is 8.39. The molecule has 0 bridgehead atoms. The fourth-order valence-corrected chi connectivity index (χ4v) is 4.40. The van der Waals surface area contributed by atoms with Crippen molar-refractivity contribution in [3.8, 4) is 0 Å². The Morgan fingerprint density at radius 2 is 1.69 bits per heavy atom. The van der Waals surface area contributed by atoms with Crippen LogP contribution in [0.4, 0.5) is 20.2 Å². The number of nitrogens with one attached hydrogen (secondary N) is 1. The van der Waals surface area contributed by atoms with Crippen LogP contribution in [0.3, 0.4) is 0 Å². The number of fused-ring (bicyclic) bond motifs is 1. The van der Waals surface area contributed by atoms with Crippen molar-refractivity contribution in [3.05, 3.63) is 93.5 Å². The van der Waals surface area contributed by atoms with Crippen LogP contribution in [0.15, 0.2) is 54.6 Å². The van der Waals surface area contributed by atoms with Gasteiger partial charge in [0.05, 0.1) is 5.69 Å². The molecule has 2 amide bonds. The van der Waals surface area contributed by atoms with Gasteiger partial charge in [0.15, 0.2) is 0 Å². The Balaban J connectivity index is 1.87. The quantitative estimate of drug-likeness (QED) is 0.524. The molecule has 0 radical (unpaired) electrons. The standard InChI is InChI=1S/C25H21ClF2N2O2/c1-13-10-17-21(11-14(13)2)30(3)25(32)23(22(17)16-6-4-5-7-18(16)26)24(31)29-20-9-8-15(27)12-19(20)28/h4-12,22-23H,1-3H3,(H,29,31). The number of benzene rings is 3. The predicted molar refractivity (Wildman–Crippen MR) is 121 cm³/mol. The Hall–Kier alpha value is -3.25.